The summed E-state index contributed by atoms with van der Waals surface area (Å²) in [4.78, 5) is 13.6. The van der Waals surface area contributed by atoms with E-state index in [-0.39, 0.29) is 12.5 Å². The highest BCUT2D eigenvalue weighted by Gasteiger charge is 2.12. The zero-order chi connectivity index (χ0) is 14.4. The third kappa shape index (κ3) is 4.10. The second kappa shape index (κ2) is 7.10. The lowest BCUT2D eigenvalue weighted by Gasteiger charge is -2.23. The van der Waals surface area contributed by atoms with Crippen LogP contribution in [-0.4, -0.2) is 19.6 Å². The van der Waals surface area contributed by atoms with E-state index in [0.29, 0.717) is 6.54 Å². The second-order valence-electron chi connectivity index (χ2n) is 4.40. The Balaban J connectivity index is 2.20. The maximum Gasteiger partial charge on any atom is 0.325 e. The van der Waals surface area contributed by atoms with Crippen LogP contribution in [-0.2, 0) is 16.1 Å². The fourth-order valence-corrected chi connectivity index (χ4v) is 2.40. The summed E-state index contributed by atoms with van der Waals surface area (Å²) in [6.07, 6.45) is 0. The van der Waals surface area contributed by atoms with Crippen molar-refractivity contribution in [3.8, 4) is 0 Å². The van der Waals surface area contributed by atoms with E-state index >= 15 is 0 Å². The molecule has 0 amide bonds. The zero-order valence-electron chi connectivity index (χ0n) is 11.3. The Morgan fingerprint density at radius 2 is 1.90 bits per heavy atom. The molecule has 0 aliphatic rings. The normalized spacial score (nSPS) is 10.1. The Morgan fingerprint density at radius 1 is 1.15 bits per heavy atom. The van der Waals surface area contributed by atoms with Crippen LogP contribution in [0.25, 0.3) is 0 Å². The Kier molecular flexibility index (Phi) is 5.18. The Labute approximate surface area is 127 Å². The van der Waals surface area contributed by atoms with Crippen molar-refractivity contribution in [3.63, 3.8) is 0 Å². The first-order valence-electron chi connectivity index (χ1n) is 6.30. The molecule has 4 heteroatoms. The van der Waals surface area contributed by atoms with Crippen molar-refractivity contribution >= 4 is 27.6 Å². The van der Waals surface area contributed by atoms with E-state index in [1.165, 1.54) is 7.11 Å². The lowest BCUT2D eigenvalue weighted by atomic mass is 10.2. The van der Waals surface area contributed by atoms with E-state index in [1.54, 1.807) is 0 Å². The minimum absolute atomic E-state index is 0.229. The number of hydrogen-bond donors (Lipinski definition) is 0. The van der Waals surface area contributed by atoms with Gasteiger partial charge in [-0.25, -0.2) is 0 Å². The van der Waals surface area contributed by atoms with Gasteiger partial charge >= 0.3 is 5.97 Å². The Hall–Kier alpha value is -1.81. The van der Waals surface area contributed by atoms with Gasteiger partial charge in [0.25, 0.3) is 0 Å². The third-order valence-corrected chi connectivity index (χ3v) is 3.42. The molecule has 2 rings (SSSR count). The number of carbonyl (C=O) groups is 1. The van der Waals surface area contributed by atoms with Crippen molar-refractivity contribution in [2.24, 2.45) is 0 Å². The van der Waals surface area contributed by atoms with Gasteiger partial charge in [-0.05, 0) is 29.8 Å². The molecule has 0 unspecified atom stereocenters. The van der Waals surface area contributed by atoms with Gasteiger partial charge in [-0.15, -0.1) is 0 Å². The van der Waals surface area contributed by atoms with Gasteiger partial charge in [-0.3, -0.25) is 4.79 Å². The van der Waals surface area contributed by atoms with E-state index in [9.17, 15) is 4.79 Å². The molecule has 0 fully saturated rings. The number of nitrogens with zero attached hydrogens (tertiary/aromatic N) is 1. The van der Waals surface area contributed by atoms with E-state index in [4.69, 9.17) is 4.74 Å². The van der Waals surface area contributed by atoms with Gasteiger partial charge in [0.1, 0.15) is 6.54 Å². The quantitative estimate of drug-likeness (QED) is 0.782. The molecule has 0 atom stereocenters. The largest absolute Gasteiger partial charge is 0.468 e. The molecule has 0 spiro atoms. The molecule has 0 saturated carbocycles. The van der Waals surface area contributed by atoms with Crippen LogP contribution >= 0.6 is 15.9 Å². The van der Waals surface area contributed by atoms with Crippen molar-refractivity contribution in [1.82, 2.24) is 0 Å². The maximum absolute atomic E-state index is 11.6. The number of halogens is 1. The van der Waals surface area contributed by atoms with Crippen LogP contribution in [0.5, 0.6) is 0 Å². The molecule has 0 saturated heterocycles. The monoisotopic (exact) mass is 333 g/mol. The lowest BCUT2D eigenvalue weighted by Crippen LogP contribution is -2.30. The van der Waals surface area contributed by atoms with Crippen LogP contribution in [0.1, 0.15) is 5.56 Å². The van der Waals surface area contributed by atoms with Gasteiger partial charge < -0.3 is 9.64 Å². The zero-order valence-corrected chi connectivity index (χ0v) is 12.8. The maximum atomic E-state index is 11.6. The SMILES string of the molecule is COC(=O)CN(Cc1cccc(Br)c1)c1ccccc1. The average molecular weight is 334 g/mol. The van der Waals surface area contributed by atoms with Crippen LogP contribution in [0, 0.1) is 0 Å². The first-order valence-corrected chi connectivity index (χ1v) is 7.09. The Bertz CT molecular complexity index is 572. The Morgan fingerprint density at radius 3 is 2.55 bits per heavy atom. The molecular formula is C16H16BrNO2. The van der Waals surface area contributed by atoms with E-state index in [1.807, 2.05) is 59.5 Å². The minimum atomic E-state index is -0.246. The molecule has 0 aliphatic carbocycles. The first-order chi connectivity index (χ1) is 9.69. The predicted molar refractivity (Wildman–Crippen MR) is 83.7 cm³/mol. The number of para-hydroxylation sites is 1. The molecule has 3 nitrogen and oxygen atoms in total. The molecule has 104 valence electrons. The summed E-state index contributed by atoms with van der Waals surface area (Å²) in [6.45, 7) is 0.881. The van der Waals surface area contributed by atoms with Gasteiger partial charge in [-0.1, -0.05) is 46.3 Å². The van der Waals surface area contributed by atoms with Crippen molar-refractivity contribution in [2.45, 2.75) is 6.54 Å². The van der Waals surface area contributed by atoms with Gasteiger partial charge in [0.15, 0.2) is 0 Å². The number of carbonyl (C=O) groups excluding carboxylic acids is 1. The molecule has 2 aromatic rings. The number of hydrogen-bond acceptors (Lipinski definition) is 3. The topological polar surface area (TPSA) is 29.5 Å². The van der Waals surface area contributed by atoms with E-state index in [2.05, 4.69) is 15.9 Å². The van der Waals surface area contributed by atoms with Crippen molar-refractivity contribution in [1.29, 1.82) is 0 Å². The van der Waals surface area contributed by atoms with Crippen LogP contribution in [0.15, 0.2) is 59.1 Å². The summed E-state index contributed by atoms with van der Waals surface area (Å²) in [5, 5.41) is 0. The molecule has 0 aliphatic heterocycles. The summed E-state index contributed by atoms with van der Waals surface area (Å²) in [5.74, 6) is -0.246. The fraction of sp³-hybridized carbons (Fsp3) is 0.188. The van der Waals surface area contributed by atoms with Crippen LogP contribution in [0.4, 0.5) is 5.69 Å². The standard InChI is InChI=1S/C16H16BrNO2/c1-20-16(19)12-18(15-8-3-2-4-9-15)11-13-6-5-7-14(17)10-13/h2-10H,11-12H2,1H3. The van der Waals surface area contributed by atoms with Crippen molar-refractivity contribution in [2.75, 3.05) is 18.6 Å². The van der Waals surface area contributed by atoms with Gasteiger partial charge in [0, 0.05) is 16.7 Å². The van der Waals surface area contributed by atoms with Crippen LogP contribution < -0.4 is 4.90 Å². The lowest BCUT2D eigenvalue weighted by molar-refractivity contribution is -0.138. The highest BCUT2D eigenvalue weighted by Crippen LogP contribution is 2.19. The predicted octanol–water partition coefficient (Wildman–Crippen LogP) is 3.63. The number of ether oxygens (including phenoxy) is 1. The fourth-order valence-electron chi connectivity index (χ4n) is 1.95. The summed E-state index contributed by atoms with van der Waals surface area (Å²) in [6, 6.07) is 17.9. The van der Waals surface area contributed by atoms with Crippen molar-refractivity contribution < 1.29 is 9.53 Å². The highest BCUT2D eigenvalue weighted by molar-refractivity contribution is 9.10. The van der Waals surface area contributed by atoms with Gasteiger partial charge in [-0.2, -0.15) is 0 Å². The van der Waals surface area contributed by atoms with Gasteiger partial charge in [0.05, 0.1) is 7.11 Å². The molecule has 0 bridgehead atoms. The molecule has 0 aromatic heterocycles. The summed E-state index contributed by atoms with van der Waals surface area (Å²) >= 11 is 3.46. The van der Waals surface area contributed by atoms with E-state index in [0.717, 1.165) is 15.7 Å². The smallest absolute Gasteiger partial charge is 0.325 e. The number of benzene rings is 2. The number of anilines is 1. The molecule has 2 aromatic carbocycles. The van der Waals surface area contributed by atoms with Gasteiger partial charge in [0.2, 0.25) is 0 Å². The number of rotatable bonds is 5. The highest BCUT2D eigenvalue weighted by atomic mass is 79.9. The average Bonchev–Trinajstić information content (AvgIpc) is 2.47. The number of esters is 1. The molecule has 0 N–H and O–H groups in total. The van der Waals surface area contributed by atoms with Crippen molar-refractivity contribution in [3.05, 3.63) is 64.6 Å². The summed E-state index contributed by atoms with van der Waals surface area (Å²) in [5.41, 5.74) is 2.13. The third-order valence-electron chi connectivity index (χ3n) is 2.93. The van der Waals surface area contributed by atoms with Crippen LogP contribution in [0.2, 0.25) is 0 Å². The summed E-state index contributed by atoms with van der Waals surface area (Å²) < 4.78 is 5.80. The summed E-state index contributed by atoms with van der Waals surface area (Å²) in [7, 11) is 1.41. The molecule has 0 radical (unpaired) electrons. The molecule has 20 heavy (non-hydrogen) atoms. The molecule has 0 heterocycles. The van der Waals surface area contributed by atoms with E-state index < -0.39 is 0 Å². The number of methoxy groups -OCH3 is 1. The molecular weight excluding hydrogens is 318 g/mol. The minimum Gasteiger partial charge on any atom is -0.468 e. The second-order valence-corrected chi connectivity index (χ2v) is 5.31. The van der Waals surface area contributed by atoms with Crippen LogP contribution in [0.3, 0.4) is 0 Å². The first kappa shape index (κ1) is 14.6.